The predicted molar refractivity (Wildman–Crippen MR) is 77.8 cm³/mol. The van der Waals surface area contributed by atoms with Gasteiger partial charge in [0.2, 0.25) is 0 Å². The molecule has 1 unspecified atom stereocenters. The van der Waals surface area contributed by atoms with Gasteiger partial charge in [-0.25, -0.2) is 0 Å². The van der Waals surface area contributed by atoms with Crippen molar-refractivity contribution in [2.45, 2.75) is 59.0 Å². The van der Waals surface area contributed by atoms with Crippen LogP contribution in [0.25, 0.3) is 0 Å². The van der Waals surface area contributed by atoms with Gasteiger partial charge in [0.05, 0.1) is 17.2 Å². The number of aryl methyl sites for hydroxylation is 2. The first-order chi connectivity index (χ1) is 9.33. The van der Waals surface area contributed by atoms with Crippen LogP contribution in [0.1, 0.15) is 63.8 Å². The Morgan fingerprint density at radius 2 is 2.00 bits per heavy atom. The molecule has 1 aliphatic rings. The summed E-state index contributed by atoms with van der Waals surface area (Å²) in [7, 11) is 1.86. The molecule has 1 saturated carbocycles. The third-order valence-electron chi connectivity index (χ3n) is 4.81. The van der Waals surface area contributed by atoms with Crippen LogP contribution < -0.4 is 0 Å². The van der Waals surface area contributed by atoms with Gasteiger partial charge >= 0.3 is 0 Å². The van der Waals surface area contributed by atoms with Crippen molar-refractivity contribution in [1.29, 1.82) is 5.26 Å². The van der Waals surface area contributed by atoms with Crippen LogP contribution in [0.3, 0.4) is 0 Å². The molecular formula is C16H25N3O. The van der Waals surface area contributed by atoms with Crippen molar-refractivity contribution >= 4 is 0 Å². The standard InChI is InChI=1S/C16H25N3O/c1-5-13-12(10-19(4)18-13)14(20)16(11-17)8-6-15(2,3)7-9-16/h10,14,20H,5-9H2,1-4H3. The Kier molecular flexibility index (Phi) is 3.93. The SMILES string of the molecule is CCc1nn(C)cc1C(O)C1(C#N)CCC(C)(C)CC1. The maximum atomic E-state index is 10.8. The molecule has 4 heteroatoms. The second-order valence-electron chi connectivity index (χ2n) is 6.89. The van der Waals surface area contributed by atoms with Gasteiger partial charge in [-0.2, -0.15) is 10.4 Å². The van der Waals surface area contributed by atoms with Gasteiger partial charge in [0, 0.05) is 18.8 Å². The molecule has 1 atom stereocenters. The number of hydrogen-bond acceptors (Lipinski definition) is 3. The maximum Gasteiger partial charge on any atom is 0.101 e. The molecule has 2 rings (SSSR count). The van der Waals surface area contributed by atoms with Crippen molar-refractivity contribution in [2.75, 3.05) is 0 Å². The molecule has 0 aliphatic heterocycles. The van der Waals surface area contributed by atoms with Gasteiger partial charge in [-0.3, -0.25) is 4.68 Å². The lowest BCUT2D eigenvalue weighted by Crippen LogP contribution is -2.35. The molecule has 1 aromatic rings. The molecule has 1 N–H and O–H groups in total. The number of nitriles is 1. The van der Waals surface area contributed by atoms with Gasteiger partial charge < -0.3 is 5.11 Å². The van der Waals surface area contributed by atoms with E-state index in [0.717, 1.165) is 43.4 Å². The first kappa shape index (κ1) is 15.1. The van der Waals surface area contributed by atoms with E-state index in [4.69, 9.17) is 0 Å². The molecule has 0 bridgehead atoms. The Hall–Kier alpha value is -1.34. The van der Waals surface area contributed by atoms with Crippen LogP contribution in [-0.4, -0.2) is 14.9 Å². The van der Waals surface area contributed by atoms with Crippen molar-refractivity contribution in [3.05, 3.63) is 17.5 Å². The summed E-state index contributed by atoms with van der Waals surface area (Å²) in [4.78, 5) is 0. The second-order valence-corrected chi connectivity index (χ2v) is 6.89. The minimum Gasteiger partial charge on any atom is -0.387 e. The monoisotopic (exact) mass is 275 g/mol. The third-order valence-corrected chi connectivity index (χ3v) is 4.81. The van der Waals surface area contributed by atoms with Gasteiger partial charge in [0.1, 0.15) is 6.10 Å². The van der Waals surface area contributed by atoms with Gasteiger partial charge in [0.25, 0.3) is 0 Å². The van der Waals surface area contributed by atoms with Crippen molar-refractivity contribution in [2.24, 2.45) is 17.9 Å². The van der Waals surface area contributed by atoms with Gasteiger partial charge in [-0.05, 0) is 37.5 Å². The van der Waals surface area contributed by atoms with Crippen molar-refractivity contribution in [3.8, 4) is 6.07 Å². The Morgan fingerprint density at radius 3 is 2.50 bits per heavy atom. The van der Waals surface area contributed by atoms with Crippen LogP contribution in [0.2, 0.25) is 0 Å². The van der Waals surface area contributed by atoms with E-state index in [9.17, 15) is 10.4 Å². The quantitative estimate of drug-likeness (QED) is 0.922. The molecule has 1 aromatic heterocycles. The average Bonchev–Trinajstić information content (AvgIpc) is 2.80. The molecular weight excluding hydrogens is 250 g/mol. The van der Waals surface area contributed by atoms with Crippen molar-refractivity contribution in [3.63, 3.8) is 0 Å². The molecule has 4 nitrogen and oxygen atoms in total. The lowest BCUT2D eigenvalue weighted by molar-refractivity contribution is 0.00904. The van der Waals surface area contributed by atoms with E-state index in [2.05, 4.69) is 25.0 Å². The third kappa shape index (κ3) is 2.60. The Labute approximate surface area is 121 Å². The highest BCUT2D eigenvalue weighted by molar-refractivity contribution is 5.25. The summed E-state index contributed by atoms with van der Waals surface area (Å²) >= 11 is 0. The van der Waals surface area contributed by atoms with Crippen LogP contribution in [0, 0.1) is 22.2 Å². The van der Waals surface area contributed by atoms with Crippen molar-refractivity contribution in [1.82, 2.24) is 9.78 Å². The average molecular weight is 275 g/mol. The number of aliphatic hydroxyl groups is 1. The minimum atomic E-state index is -0.729. The fourth-order valence-electron chi connectivity index (χ4n) is 3.17. The highest BCUT2D eigenvalue weighted by Gasteiger charge is 2.45. The van der Waals surface area contributed by atoms with E-state index in [1.54, 1.807) is 4.68 Å². The summed E-state index contributed by atoms with van der Waals surface area (Å²) in [6.45, 7) is 6.51. The zero-order chi connectivity index (χ0) is 15.0. The van der Waals surface area contributed by atoms with E-state index < -0.39 is 11.5 Å². The molecule has 1 heterocycles. The largest absolute Gasteiger partial charge is 0.387 e. The van der Waals surface area contributed by atoms with E-state index >= 15 is 0 Å². The predicted octanol–water partition coefficient (Wildman–Crippen LogP) is 3.13. The Balaban J connectivity index is 2.30. The fourth-order valence-corrected chi connectivity index (χ4v) is 3.17. The molecule has 0 saturated heterocycles. The minimum absolute atomic E-state index is 0.280. The Bertz CT molecular complexity index is 514. The molecule has 110 valence electrons. The topological polar surface area (TPSA) is 61.8 Å². The first-order valence-corrected chi connectivity index (χ1v) is 7.45. The summed E-state index contributed by atoms with van der Waals surface area (Å²) < 4.78 is 1.73. The molecule has 0 radical (unpaired) electrons. The van der Waals surface area contributed by atoms with E-state index in [-0.39, 0.29) is 5.41 Å². The van der Waals surface area contributed by atoms with Gasteiger partial charge in [-0.15, -0.1) is 0 Å². The molecule has 0 amide bonds. The summed E-state index contributed by atoms with van der Waals surface area (Å²) in [6.07, 6.45) is 5.40. The number of hydrogen-bond donors (Lipinski definition) is 1. The molecule has 1 aliphatic carbocycles. The summed E-state index contributed by atoms with van der Waals surface area (Å²) in [6, 6.07) is 2.43. The lowest BCUT2D eigenvalue weighted by Gasteiger charge is -2.41. The molecule has 0 aromatic carbocycles. The summed E-state index contributed by atoms with van der Waals surface area (Å²) in [5.74, 6) is 0. The van der Waals surface area contributed by atoms with Crippen LogP contribution in [0.4, 0.5) is 0 Å². The maximum absolute atomic E-state index is 10.8. The number of rotatable bonds is 3. The first-order valence-electron chi connectivity index (χ1n) is 7.45. The number of aliphatic hydroxyl groups excluding tert-OH is 1. The number of nitrogens with zero attached hydrogens (tertiary/aromatic N) is 3. The fraction of sp³-hybridized carbons (Fsp3) is 0.750. The van der Waals surface area contributed by atoms with Gasteiger partial charge in [0.15, 0.2) is 0 Å². The lowest BCUT2D eigenvalue weighted by atomic mass is 9.62. The van der Waals surface area contributed by atoms with Crippen LogP contribution in [-0.2, 0) is 13.5 Å². The van der Waals surface area contributed by atoms with Crippen molar-refractivity contribution < 1.29 is 5.11 Å². The van der Waals surface area contributed by atoms with Crippen LogP contribution in [0.15, 0.2) is 6.20 Å². The van der Waals surface area contributed by atoms with Crippen LogP contribution >= 0.6 is 0 Å². The highest BCUT2D eigenvalue weighted by atomic mass is 16.3. The molecule has 1 fully saturated rings. The van der Waals surface area contributed by atoms with E-state index in [0.29, 0.717) is 0 Å². The summed E-state index contributed by atoms with van der Waals surface area (Å²) in [5, 5.41) is 24.9. The second kappa shape index (κ2) is 5.21. The normalized spacial score (nSPS) is 22.2. The van der Waals surface area contributed by atoms with Crippen LogP contribution in [0.5, 0.6) is 0 Å². The Morgan fingerprint density at radius 1 is 1.40 bits per heavy atom. The van der Waals surface area contributed by atoms with E-state index in [1.165, 1.54) is 0 Å². The van der Waals surface area contributed by atoms with Gasteiger partial charge in [-0.1, -0.05) is 20.8 Å². The zero-order valence-corrected chi connectivity index (χ0v) is 13.0. The highest BCUT2D eigenvalue weighted by Crippen LogP contribution is 2.51. The summed E-state index contributed by atoms with van der Waals surface area (Å²) in [5.41, 5.74) is 1.36. The smallest absolute Gasteiger partial charge is 0.101 e. The molecule has 0 spiro atoms. The zero-order valence-electron chi connectivity index (χ0n) is 13.0. The number of aromatic nitrogens is 2. The molecule has 20 heavy (non-hydrogen) atoms. The van der Waals surface area contributed by atoms with E-state index in [1.807, 2.05) is 20.2 Å².